The van der Waals surface area contributed by atoms with Gasteiger partial charge in [-0.05, 0) is 12.2 Å². The van der Waals surface area contributed by atoms with Gasteiger partial charge >= 0.3 is 0 Å². The Morgan fingerprint density at radius 1 is 1.32 bits per heavy atom. The van der Waals surface area contributed by atoms with Crippen molar-refractivity contribution >= 4 is 23.1 Å². The summed E-state index contributed by atoms with van der Waals surface area (Å²) in [6.45, 7) is 5.24. The standard InChI is InChI=1S/C13H24N2O2S2/c1-4-7-18-10-13-15-11(9-17-3)12(19-13)8-14-5-6-16-2/h14H,4-10H2,1-3H3. The zero-order valence-corrected chi connectivity index (χ0v) is 13.7. The third-order valence-electron chi connectivity index (χ3n) is 2.45. The van der Waals surface area contributed by atoms with Crippen LogP contribution in [0.3, 0.4) is 0 Å². The summed E-state index contributed by atoms with van der Waals surface area (Å²) in [5.41, 5.74) is 1.07. The highest BCUT2D eigenvalue weighted by atomic mass is 32.2. The van der Waals surface area contributed by atoms with Crippen molar-refractivity contribution in [2.24, 2.45) is 0 Å². The van der Waals surface area contributed by atoms with Crippen LogP contribution in [-0.2, 0) is 28.4 Å². The van der Waals surface area contributed by atoms with Gasteiger partial charge in [-0.3, -0.25) is 0 Å². The van der Waals surface area contributed by atoms with Crippen LogP contribution in [0.2, 0.25) is 0 Å². The first-order valence-corrected chi connectivity index (χ1v) is 8.52. The van der Waals surface area contributed by atoms with Crippen molar-refractivity contribution in [2.45, 2.75) is 32.2 Å². The first kappa shape index (κ1) is 16.9. The molecule has 0 aliphatic heterocycles. The monoisotopic (exact) mass is 304 g/mol. The Morgan fingerprint density at radius 2 is 2.16 bits per heavy atom. The van der Waals surface area contributed by atoms with E-state index in [1.807, 2.05) is 11.8 Å². The zero-order valence-electron chi connectivity index (χ0n) is 12.0. The first-order chi connectivity index (χ1) is 9.31. The Hall–Kier alpha value is -0.140. The number of hydrogen-bond donors (Lipinski definition) is 1. The summed E-state index contributed by atoms with van der Waals surface area (Å²) in [5.74, 6) is 2.20. The Balaban J connectivity index is 2.50. The van der Waals surface area contributed by atoms with Gasteiger partial charge in [0.15, 0.2) is 0 Å². The van der Waals surface area contributed by atoms with Crippen LogP contribution in [-0.4, -0.2) is 38.1 Å². The van der Waals surface area contributed by atoms with E-state index in [0.29, 0.717) is 6.61 Å². The minimum absolute atomic E-state index is 0.593. The molecule has 0 saturated heterocycles. The Labute approximate surface area is 124 Å². The summed E-state index contributed by atoms with van der Waals surface area (Å²) in [6.07, 6.45) is 1.21. The number of methoxy groups -OCH3 is 2. The highest BCUT2D eigenvalue weighted by Crippen LogP contribution is 2.23. The second kappa shape index (κ2) is 10.6. The van der Waals surface area contributed by atoms with Crippen LogP contribution in [0.15, 0.2) is 0 Å². The molecule has 1 rings (SSSR count). The number of rotatable bonds is 11. The molecular formula is C13H24N2O2S2. The van der Waals surface area contributed by atoms with E-state index in [1.165, 1.54) is 22.1 Å². The maximum absolute atomic E-state index is 5.22. The molecule has 0 amide bonds. The summed E-state index contributed by atoms with van der Waals surface area (Å²) in [7, 11) is 3.43. The third kappa shape index (κ3) is 6.72. The SMILES string of the molecule is CCCSCc1nc(COC)c(CNCCOC)s1. The second-order valence-electron chi connectivity index (χ2n) is 4.13. The van der Waals surface area contributed by atoms with Crippen LogP contribution in [0.4, 0.5) is 0 Å². The molecule has 4 nitrogen and oxygen atoms in total. The molecule has 6 heteroatoms. The highest BCUT2D eigenvalue weighted by Gasteiger charge is 2.10. The molecule has 0 unspecified atom stereocenters. The largest absolute Gasteiger partial charge is 0.383 e. The minimum atomic E-state index is 0.593. The molecule has 0 aromatic carbocycles. The molecule has 0 atom stereocenters. The van der Waals surface area contributed by atoms with E-state index >= 15 is 0 Å². The van der Waals surface area contributed by atoms with Crippen LogP contribution in [0.1, 0.15) is 28.9 Å². The lowest BCUT2D eigenvalue weighted by Gasteiger charge is -2.03. The maximum atomic E-state index is 5.22. The van der Waals surface area contributed by atoms with E-state index < -0.39 is 0 Å². The molecule has 0 aliphatic carbocycles. The van der Waals surface area contributed by atoms with Gasteiger partial charge in [0.25, 0.3) is 0 Å². The van der Waals surface area contributed by atoms with Gasteiger partial charge in [-0.25, -0.2) is 4.98 Å². The van der Waals surface area contributed by atoms with Gasteiger partial charge in [0.1, 0.15) is 5.01 Å². The van der Waals surface area contributed by atoms with Gasteiger partial charge in [0.05, 0.1) is 18.9 Å². The Morgan fingerprint density at radius 3 is 2.84 bits per heavy atom. The number of hydrogen-bond acceptors (Lipinski definition) is 6. The summed E-state index contributed by atoms with van der Waals surface area (Å²) in [5, 5.41) is 4.57. The highest BCUT2D eigenvalue weighted by molar-refractivity contribution is 7.98. The minimum Gasteiger partial charge on any atom is -0.383 e. The second-order valence-corrected chi connectivity index (χ2v) is 6.41. The van der Waals surface area contributed by atoms with Crippen molar-refractivity contribution in [1.82, 2.24) is 10.3 Å². The van der Waals surface area contributed by atoms with Crippen molar-refractivity contribution in [1.29, 1.82) is 0 Å². The average Bonchev–Trinajstić information content (AvgIpc) is 2.78. The molecule has 19 heavy (non-hydrogen) atoms. The van der Waals surface area contributed by atoms with E-state index in [2.05, 4.69) is 17.2 Å². The maximum Gasteiger partial charge on any atom is 0.103 e. The predicted octanol–water partition coefficient (Wildman–Crippen LogP) is 2.67. The van der Waals surface area contributed by atoms with E-state index in [-0.39, 0.29) is 0 Å². The van der Waals surface area contributed by atoms with Crippen molar-refractivity contribution in [3.63, 3.8) is 0 Å². The molecule has 110 valence electrons. The molecule has 0 bridgehead atoms. The lowest BCUT2D eigenvalue weighted by molar-refractivity contribution is 0.180. The van der Waals surface area contributed by atoms with Crippen LogP contribution in [0, 0.1) is 0 Å². The lowest BCUT2D eigenvalue weighted by atomic mass is 10.3. The quantitative estimate of drug-likeness (QED) is 0.637. The summed E-state index contributed by atoms with van der Waals surface area (Å²) < 4.78 is 10.2. The van der Waals surface area contributed by atoms with Crippen molar-refractivity contribution in [2.75, 3.05) is 33.1 Å². The van der Waals surface area contributed by atoms with E-state index in [0.717, 1.165) is 31.1 Å². The van der Waals surface area contributed by atoms with Crippen molar-refractivity contribution < 1.29 is 9.47 Å². The molecule has 0 spiro atoms. The van der Waals surface area contributed by atoms with Crippen LogP contribution in [0.5, 0.6) is 0 Å². The van der Waals surface area contributed by atoms with Gasteiger partial charge in [0, 0.05) is 37.9 Å². The predicted molar refractivity (Wildman–Crippen MR) is 82.9 cm³/mol. The van der Waals surface area contributed by atoms with Gasteiger partial charge in [-0.15, -0.1) is 11.3 Å². The fraction of sp³-hybridized carbons (Fsp3) is 0.769. The van der Waals surface area contributed by atoms with Gasteiger partial charge < -0.3 is 14.8 Å². The summed E-state index contributed by atoms with van der Waals surface area (Å²) in [6, 6.07) is 0. The molecule has 0 aliphatic rings. The van der Waals surface area contributed by atoms with E-state index in [1.54, 1.807) is 25.6 Å². The number of thioether (sulfide) groups is 1. The molecule has 0 radical (unpaired) electrons. The third-order valence-corrected chi connectivity index (χ3v) is 4.90. The number of thiazole rings is 1. The lowest BCUT2D eigenvalue weighted by Crippen LogP contribution is -2.18. The molecule has 0 fully saturated rings. The zero-order chi connectivity index (χ0) is 13.9. The average molecular weight is 304 g/mol. The smallest absolute Gasteiger partial charge is 0.103 e. The fourth-order valence-corrected chi connectivity index (χ4v) is 3.56. The topological polar surface area (TPSA) is 43.4 Å². The van der Waals surface area contributed by atoms with Crippen molar-refractivity contribution in [3.8, 4) is 0 Å². The van der Waals surface area contributed by atoms with Crippen molar-refractivity contribution in [3.05, 3.63) is 15.6 Å². The van der Waals surface area contributed by atoms with Crippen LogP contribution >= 0.6 is 23.1 Å². The van der Waals surface area contributed by atoms with Crippen LogP contribution < -0.4 is 5.32 Å². The van der Waals surface area contributed by atoms with E-state index in [9.17, 15) is 0 Å². The molecule has 0 saturated carbocycles. The number of ether oxygens (including phenoxy) is 2. The number of nitrogens with zero attached hydrogens (tertiary/aromatic N) is 1. The Bertz CT molecular complexity index is 345. The van der Waals surface area contributed by atoms with Crippen LogP contribution in [0.25, 0.3) is 0 Å². The van der Waals surface area contributed by atoms with Gasteiger partial charge in [0.2, 0.25) is 0 Å². The summed E-state index contributed by atoms with van der Waals surface area (Å²) >= 11 is 3.74. The van der Waals surface area contributed by atoms with E-state index in [4.69, 9.17) is 9.47 Å². The molecule has 1 aromatic rings. The molecule has 1 N–H and O–H groups in total. The summed E-state index contributed by atoms with van der Waals surface area (Å²) in [4.78, 5) is 5.95. The number of aromatic nitrogens is 1. The molecule has 1 aromatic heterocycles. The molecular weight excluding hydrogens is 280 g/mol. The normalized spacial score (nSPS) is 11.1. The fourth-order valence-electron chi connectivity index (χ4n) is 1.57. The Kier molecular flexibility index (Phi) is 9.46. The van der Waals surface area contributed by atoms with Gasteiger partial charge in [-0.1, -0.05) is 6.92 Å². The first-order valence-electron chi connectivity index (χ1n) is 6.55. The molecule has 1 heterocycles. The number of nitrogens with one attached hydrogen (secondary N) is 1. The van der Waals surface area contributed by atoms with Gasteiger partial charge in [-0.2, -0.15) is 11.8 Å².